The Morgan fingerprint density at radius 1 is 1.06 bits per heavy atom. The van der Waals surface area contributed by atoms with Gasteiger partial charge in [0.15, 0.2) is 0 Å². The third kappa shape index (κ3) is 1.46. The second kappa shape index (κ2) is 3.71. The Labute approximate surface area is 98.6 Å². The van der Waals surface area contributed by atoms with E-state index in [0.717, 1.165) is 23.7 Å². The molecule has 0 amide bonds. The van der Waals surface area contributed by atoms with E-state index in [0.29, 0.717) is 12.5 Å². The van der Waals surface area contributed by atoms with Gasteiger partial charge >= 0.3 is 0 Å². The summed E-state index contributed by atoms with van der Waals surface area (Å²) in [6.07, 6.45) is 7.19. The highest BCUT2D eigenvalue weighted by Crippen LogP contribution is 2.60. The summed E-state index contributed by atoms with van der Waals surface area (Å²) in [4.78, 5) is 0. The van der Waals surface area contributed by atoms with Crippen molar-refractivity contribution in [1.29, 1.82) is 0 Å². The average Bonchev–Trinajstić information content (AvgIpc) is 2.27. The van der Waals surface area contributed by atoms with Gasteiger partial charge in [-0.2, -0.15) is 0 Å². The molecule has 0 aromatic carbocycles. The van der Waals surface area contributed by atoms with Gasteiger partial charge in [-0.25, -0.2) is 0 Å². The van der Waals surface area contributed by atoms with E-state index in [1.807, 2.05) is 0 Å². The summed E-state index contributed by atoms with van der Waals surface area (Å²) in [5.41, 5.74) is 5.93. The number of hydrogen-bond acceptors (Lipinski definition) is 2. The molecule has 16 heavy (non-hydrogen) atoms. The zero-order chi connectivity index (χ0) is 11.3. The van der Waals surface area contributed by atoms with Gasteiger partial charge in [-0.3, -0.25) is 0 Å². The molecular weight excluding hydrogens is 198 g/mol. The standard InChI is InChI=1S/C14H25NO/c1-14(7-15,8-16)13-11-3-9-2-10(5-11)6-12(13)4-9/h9-13,16H,2-8,15H2,1H3. The summed E-state index contributed by atoms with van der Waals surface area (Å²) in [5, 5.41) is 9.69. The van der Waals surface area contributed by atoms with Crippen LogP contribution in [0.4, 0.5) is 0 Å². The summed E-state index contributed by atoms with van der Waals surface area (Å²) in [6, 6.07) is 0. The van der Waals surface area contributed by atoms with Crippen molar-refractivity contribution in [3.8, 4) is 0 Å². The monoisotopic (exact) mass is 223 g/mol. The molecule has 0 spiro atoms. The molecule has 2 heteroatoms. The van der Waals surface area contributed by atoms with Crippen LogP contribution in [-0.2, 0) is 0 Å². The van der Waals surface area contributed by atoms with Gasteiger partial charge in [-0.1, -0.05) is 6.92 Å². The van der Waals surface area contributed by atoms with E-state index in [-0.39, 0.29) is 12.0 Å². The Hall–Kier alpha value is -0.0800. The molecule has 4 fully saturated rings. The highest BCUT2D eigenvalue weighted by Gasteiger charge is 2.53. The van der Waals surface area contributed by atoms with Crippen LogP contribution in [0, 0.1) is 35.0 Å². The third-order valence-electron chi connectivity index (χ3n) is 5.86. The Morgan fingerprint density at radius 2 is 1.56 bits per heavy atom. The van der Waals surface area contributed by atoms with E-state index in [4.69, 9.17) is 5.73 Å². The van der Waals surface area contributed by atoms with E-state index in [9.17, 15) is 5.11 Å². The van der Waals surface area contributed by atoms with E-state index < -0.39 is 0 Å². The van der Waals surface area contributed by atoms with Crippen molar-refractivity contribution in [2.24, 2.45) is 40.7 Å². The number of aliphatic hydroxyl groups excluding tert-OH is 1. The minimum Gasteiger partial charge on any atom is -0.396 e. The van der Waals surface area contributed by atoms with Crippen molar-refractivity contribution in [2.45, 2.75) is 39.0 Å². The van der Waals surface area contributed by atoms with Crippen molar-refractivity contribution in [3.05, 3.63) is 0 Å². The van der Waals surface area contributed by atoms with Crippen molar-refractivity contribution in [2.75, 3.05) is 13.2 Å². The molecule has 92 valence electrons. The van der Waals surface area contributed by atoms with Crippen LogP contribution >= 0.6 is 0 Å². The van der Waals surface area contributed by atoms with Gasteiger partial charge in [0.25, 0.3) is 0 Å². The summed E-state index contributed by atoms with van der Waals surface area (Å²) in [5.74, 6) is 4.48. The second-order valence-electron chi connectivity index (χ2n) is 6.97. The lowest BCUT2D eigenvalue weighted by Gasteiger charge is -2.59. The number of rotatable bonds is 3. The average molecular weight is 223 g/mol. The summed E-state index contributed by atoms with van der Waals surface area (Å²) < 4.78 is 0. The van der Waals surface area contributed by atoms with Gasteiger partial charge in [0.1, 0.15) is 0 Å². The van der Waals surface area contributed by atoms with Gasteiger partial charge in [0.2, 0.25) is 0 Å². The molecule has 0 radical (unpaired) electrons. The second-order valence-corrected chi connectivity index (χ2v) is 6.97. The minimum absolute atomic E-state index is 0.0113. The van der Waals surface area contributed by atoms with Crippen molar-refractivity contribution in [3.63, 3.8) is 0 Å². The number of hydrogen-bond donors (Lipinski definition) is 2. The van der Waals surface area contributed by atoms with E-state index in [2.05, 4.69) is 6.92 Å². The molecule has 4 aliphatic rings. The van der Waals surface area contributed by atoms with Crippen LogP contribution in [0.25, 0.3) is 0 Å². The molecule has 0 heterocycles. The fourth-order valence-corrected chi connectivity index (χ4v) is 5.37. The molecule has 0 aliphatic heterocycles. The van der Waals surface area contributed by atoms with Crippen LogP contribution < -0.4 is 5.73 Å². The molecule has 1 unspecified atom stereocenters. The van der Waals surface area contributed by atoms with E-state index >= 15 is 0 Å². The largest absolute Gasteiger partial charge is 0.396 e. The molecule has 1 atom stereocenters. The molecule has 3 N–H and O–H groups in total. The summed E-state index contributed by atoms with van der Waals surface area (Å²) in [6.45, 7) is 3.13. The smallest absolute Gasteiger partial charge is 0.0499 e. The molecule has 4 aliphatic carbocycles. The quantitative estimate of drug-likeness (QED) is 0.769. The zero-order valence-electron chi connectivity index (χ0n) is 10.4. The topological polar surface area (TPSA) is 46.2 Å². The SMILES string of the molecule is CC(CN)(CO)C1C2CC3CC(C2)CC1C3. The van der Waals surface area contributed by atoms with Crippen molar-refractivity contribution < 1.29 is 5.11 Å². The first-order chi connectivity index (χ1) is 7.66. The van der Waals surface area contributed by atoms with Gasteiger partial charge in [0, 0.05) is 18.6 Å². The molecule has 0 aromatic heterocycles. The molecule has 4 saturated carbocycles. The van der Waals surface area contributed by atoms with Gasteiger partial charge in [0.05, 0.1) is 0 Å². The van der Waals surface area contributed by atoms with Crippen molar-refractivity contribution >= 4 is 0 Å². The van der Waals surface area contributed by atoms with Crippen LogP contribution in [-0.4, -0.2) is 18.3 Å². The fourth-order valence-electron chi connectivity index (χ4n) is 5.37. The first kappa shape index (κ1) is 11.0. The van der Waals surface area contributed by atoms with Crippen LogP contribution in [0.5, 0.6) is 0 Å². The highest BCUT2D eigenvalue weighted by molar-refractivity contribution is 5.03. The fraction of sp³-hybridized carbons (Fsp3) is 1.00. The number of aliphatic hydroxyl groups is 1. The third-order valence-corrected chi connectivity index (χ3v) is 5.86. The Balaban J connectivity index is 1.86. The molecule has 2 nitrogen and oxygen atoms in total. The predicted octanol–water partition coefficient (Wildman–Crippen LogP) is 2.02. The maximum absolute atomic E-state index is 9.69. The summed E-state index contributed by atoms with van der Waals surface area (Å²) in [7, 11) is 0. The van der Waals surface area contributed by atoms with Crippen LogP contribution in [0.2, 0.25) is 0 Å². The Morgan fingerprint density at radius 3 is 1.94 bits per heavy atom. The molecule has 0 aromatic rings. The lowest BCUT2D eigenvalue weighted by atomic mass is 9.47. The Kier molecular flexibility index (Phi) is 2.56. The van der Waals surface area contributed by atoms with E-state index in [1.54, 1.807) is 0 Å². The highest BCUT2D eigenvalue weighted by atomic mass is 16.3. The molecule has 0 saturated heterocycles. The first-order valence-electron chi connectivity index (χ1n) is 6.97. The maximum Gasteiger partial charge on any atom is 0.0499 e. The maximum atomic E-state index is 9.69. The number of nitrogens with two attached hydrogens (primary N) is 1. The first-order valence-corrected chi connectivity index (χ1v) is 6.97. The normalized spacial score (nSPS) is 49.3. The van der Waals surface area contributed by atoms with Gasteiger partial charge in [-0.15, -0.1) is 0 Å². The van der Waals surface area contributed by atoms with Crippen LogP contribution in [0.3, 0.4) is 0 Å². The van der Waals surface area contributed by atoms with E-state index in [1.165, 1.54) is 32.1 Å². The molecule has 4 rings (SSSR count). The van der Waals surface area contributed by atoms with Crippen LogP contribution in [0.15, 0.2) is 0 Å². The predicted molar refractivity (Wildman–Crippen MR) is 64.8 cm³/mol. The lowest BCUT2D eigenvalue weighted by molar-refractivity contribution is -0.103. The zero-order valence-corrected chi connectivity index (χ0v) is 10.4. The lowest BCUT2D eigenvalue weighted by Crippen LogP contribution is -2.54. The van der Waals surface area contributed by atoms with Gasteiger partial charge < -0.3 is 10.8 Å². The summed E-state index contributed by atoms with van der Waals surface area (Å²) >= 11 is 0. The van der Waals surface area contributed by atoms with Crippen LogP contribution in [0.1, 0.15) is 39.0 Å². The Bertz CT molecular complexity index is 244. The van der Waals surface area contributed by atoms with Crippen molar-refractivity contribution in [1.82, 2.24) is 0 Å². The molecular formula is C14H25NO. The molecule has 4 bridgehead atoms. The van der Waals surface area contributed by atoms with Gasteiger partial charge in [-0.05, 0) is 61.7 Å². The minimum atomic E-state index is -0.0113.